The molecule has 2 heterocycles. The number of halogens is 2. The zero-order valence-corrected chi connectivity index (χ0v) is 30.9. The molecule has 0 radical (unpaired) electrons. The first-order chi connectivity index (χ1) is 21.5. The minimum absolute atomic E-state index is 0. The normalized spacial score (nSPS) is 11.7. The number of hydrogen-bond acceptors (Lipinski definition) is 6. The van der Waals surface area contributed by atoms with Crippen LogP contribution in [-0.2, 0) is 22.4 Å². The third-order valence-electron chi connectivity index (χ3n) is 8.64. The lowest BCUT2D eigenvalue weighted by Gasteiger charge is -2.30. The molecule has 4 aromatic rings. The number of nitrogens with zero attached hydrogens (tertiary/aromatic N) is 2. The van der Waals surface area contributed by atoms with Crippen LogP contribution in [0.4, 0.5) is 0 Å². The maximum absolute atomic E-state index is 12.9. The molecule has 47 heavy (non-hydrogen) atoms. The number of ether oxygens (including phenoxy) is 2. The Bertz CT molecular complexity index is 1450. The lowest BCUT2D eigenvalue weighted by Crippen LogP contribution is -2.38. The molecular formula is C37H54Cl2N4O4. The summed E-state index contributed by atoms with van der Waals surface area (Å²) < 4.78 is 11.7. The average Bonchev–Trinajstić information content (AvgIpc) is 3.58. The van der Waals surface area contributed by atoms with Crippen LogP contribution in [0.25, 0.3) is 21.8 Å². The fourth-order valence-corrected chi connectivity index (χ4v) is 6.45. The van der Waals surface area contributed by atoms with Gasteiger partial charge in [0, 0.05) is 84.3 Å². The molecule has 10 heteroatoms. The molecule has 0 unspecified atom stereocenters. The number of H-pyrrole nitrogens is 2. The minimum Gasteiger partial charge on any atom is -0.426 e. The average molecular weight is 690 g/mol. The number of esters is 2. The molecule has 4 rings (SSSR count). The van der Waals surface area contributed by atoms with Gasteiger partial charge in [-0.3, -0.25) is 19.4 Å². The molecule has 0 amide bonds. The molecule has 8 nitrogen and oxygen atoms in total. The molecule has 0 fully saturated rings. The second kappa shape index (κ2) is 18.5. The van der Waals surface area contributed by atoms with Gasteiger partial charge in [-0.25, -0.2) is 0 Å². The molecule has 2 aromatic carbocycles. The van der Waals surface area contributed by atoms with E-state index in [1.165, 1.54) is 0 Å². The molecule has 2 N–H and O–H groups in total. The summed E-state index contributed by atoms with van der Waals surface area (Å²) in [6, 6.07) is 13.2. The van der Waals surface area contributed by atoms with Crippen molar-refractivity contribution in [3.63, 3.8) is 0 Å². The Labute approximate surface area is 292 Å². The highest BCUT2D eigenvalue weighted by Gasteiger charge is 2.19. The lowest BCUT2D eigenvalue weighted by molar-refractivity contribution is -0.135. The van der Waals surface area contributed by atoms with Gasteiger partial charge in [0.2, 0.25) is 0 Å². The van der Waals surface area contributed by atoms with Crippen LogP contribution in [0, 0.1) is 0 Å². The maximum atomic E-state index is 12.9. The quantitative estimate of drug-likeness (QED) is 0.0906. The summed E-state index contributed by atoms with van der Waals surface area (Å²) >= 11 is 0. The Kier molecular flexibility index (Phi) is 15.8. The van der Waals surface area contributed by atoms with E-state index in [9.17, 15) is 9.59 Å². The van der Waals surface area contributed by atoms with Gasteiger partial charge in [-0.15, -0.1) is 24.8 Å². The van der Waals surface area contributed by atoms with Gasteiger partial charge in [0.05, 0.1) is 0 Å². The molecule has 0 aliphatic heterocycles. The fraction of sp³-hybridized carbons (Fsp3) is 0.514. The van der Waals surface area contributed by atoms with Crippen molar-refractivity contribution in [3.8, 4) is 11.5 Å². The van der Waals surface area contributed by atoms with Crippen LogP contribution >= 0.6 is 24.8 Å². The van der Waals surface area contributed by atoms with Crippen molar-refractivity contribution >= 4 is 58.6 Å². The predicted molar refractivity (Wildman–Crippen MR) is 198 cm³/mol. The van der Waals surface area contributed by atoms with Gasteiger partial charge in [-0.05, 0) is 110 Å². The van der Waals surface area contributed by atoms with E-state index >= 15 is 0 Å². The molecule has 0 aliphatic carbocycles. The van der Waals surface area contributed by atoms with E-state index in [-0.39, 0.29) is 49.6 Å². The first-order valence-corrected chi connectivity index (χ1v) is 16.6. The highest BCUT2D eigenvalue weighted by Crippen LogP contribution is 2.31. The Morgan fingerprint density at radius 1 is 0.617 bits per heavy atom. The van der Waals surface area contributed by atoms with Crippen LogP contribution < -0.4 is 9.47 Å². The standard InChI is InChI=1S/C37H52N4O4.2ClH/c1-24(2)40(25(3)4)20-18-28-22-38-30-12-9-14-32(36(28)30)44-34(42)16-11-17-35(43)45-33-15-10-13-31-37(33)29(23-39-31)19-21-41(26(5)6)27(7)8;;/h9-10,12-15,22-27,38-39H,11,16-21H2,1-8H3;2*1H. The summed E-state index contributed by atoms with van der Waals surface area (Å²) in [5, 5.41) is 1.89. The van der Waals surface area contributed by atoms with Gasteiger partial charge in [-0.2, -0.15) is 0 Å². The van der Waals surface area contributed by atoms with Crippen LogP contribution in [-0.4, -0.2) is 69.0 Å². The van der Waals surface area contributed by atoms with Crippen LogP contribution in [0.5, 0.6) is 11.5 Å². The number of benzene rings is 2. The van der Waals surface area contributed by atoms with Crippen molar-refractivity contribution in [2.45, 2.75) is 112 Å². The molecular weight excluding hydrogens is 635 g/mol. The largest absolute Gasteiger partial charge is 0.426 e. The van der Waals surface area contributed by atoms with Crippen molar-refractivity contribution < 1.29 is 19.1 Å². The smallest absolute Gasteiger partial charge is 0.311 e. The Balaban J connectivity index is 0.00000384. The van der Waals surface area contributed by atoms with Crippen molar-refractivity contribution in [1.82, 2.24) is 19.8 Å². The minimum atomic E-state index is -0.358. The number of aromatic nitrogens is 2. The number of aromatic amines is 2. The monoisotopic (exact) mass is 688 g/mol. The van der Waals surface area contributed by atoms with Crippen LogP contribution in [0.3, 0.4) is 0 Å². The molecule has 2 aromatic heterocycles. The second-order valence-corrected chi connectivity index (χ2v) is 13.1. The molecule has 0 saturated carbocycles. The molecule has 0 bridgehead atoms. The van der Waals surface area contributed by atoms with Crippen molar-refractivity contribution in [1.29, 1.82) is 0 Å². The van der Waals surface area contributed by atoms with E-state index in [1.54, 1.807) is 0 Å². The highest BCUT2D eigenvalue weighted by molar-refractivity contribution is 5.92. The van der Waals surface area contributed by atoms with Gasteiger partial charge in [0.1, 0.15) is 11.5 Å². The van der Waals surface area contributed by atoms with E-state index in [0.29, 0.717) is 42.1 Å². The molecule has 260 valence electrons. The first-order valence-electron chi connectivity index (χ1n) is 16.6. The molecule has 0 atom stereocenters. The third-order valence-corrected chi connectivity index (χ3v) is 8.64. The molecule has 0 spiro atoms. The van der Waals surface area contributed by atoms with Crippen molar-refractivity contribution in [2.24, 2.45) is 0 Å². The maximum Gasteiger partial charge on any atom is 0.311 e. The van der Waals surface area contributed by atoms with Crippen LogP contribution in [0.2, 0.25) is 0 Å². The van der Waals surface area contributed by atoms with Crippen molar-refractivity contribution in [2.75, 3.05) is 13.1 Å². The second-order valence-electron chi connectivity index (χ2n) is 13.1. The first kappa shape index (κ1) is 40.1. The van der Waals surface area contributed by atoms with Gasteiger partial charge in [-0.1, -0.05) is 12.1 Å². The predicted octanol–water partition coefficient (Wildman–Crippen LogP) is 8.50. The number of fused-ring (bicyclic) bond motifs is 2. The van der Waals surface area contributed by atoms with E-state index in [2.05, 4.69) is 75.2 Å². The van der Waals surface area contributed by atoms with E-state index in [4.69, 9.17) is 9.47 Å². The van der Waals surface area contributed by atoms with Crippen LogP contribution in [0.15, 0.2) is 48.8 Å². The van der Waals surface area contributed by atoms with E-state index < -0.39 is 0 Å². The fourth-order valence-electron chi connectivity index (χ4n) is 6.45. The molecule has 0 saturated heterocycles. The SMILES string of the molecule is CC(C)N(CCc1c[nH]c2cccc(OC(=O)CCCC(=O)Oc3cccc4[nH]cc(CCN(C(C)C)C(C)C)c34)c12)C(C)C.Cl.Cl. The Morgan fingerprint density at radius 2 is 0.979 bits per heavy atom. The molecule has 0 aliphatic rings. The van der Waals surface area contributed by atoms with Gasteiger partial charge >= 0.3 is 11.9 Å². The third kappa shape index (κ3) is 10.5. The Hall–Kier alpha value is -3.04. The number of hydrogen-bond donors (Lipinski definition) is 2. The van der Waals surface area contributed by atoms with Crippen molar-refractivity contribution in [3.05, 3.63) is 59.9 Å². The van der Waals surface area contributed by atoms with Gasteiger partial charge < -0.3 is 19.4 Å². The number of carbonyl (C=O) groups is 2. The lowest BCUT2D eigenvalue weighted by atomic mass is 10.1. The summed E-state index contributed by atoms with van der Waals surface area (Å²) in [6.45, 7) is 19.5. The Morgan fingerprint density at radius 3 is 1.32 bits per heavy atom. The summed E-state index contributed by atoms with van der Waals surface area (Å²) in [6.07, 6.45) is 6.31. The summed E-state index contributed by atoms with van der Waals surface area (Å²) in [5.41, 5.74) is 4.14. The van der Waals surface area contributed by atoms with Crippen LogP contribution in [0.1, 0.15) is 85.8 Å². The summed E-state index contributed by atoms with van der Waals surface area (Å²) in [4.78, 5) is 37.3. The zero-order chi connectivity index (χ0) is 32.7. The zero-order valence-electron chi connectivity index (χ0n) is 29.2. The number of nitrogens with one attached hydrogen (secondary N) is 2. The van der Waals surface area contributed by atoms with Gasteiger partial charge in [0.25, 0.3) is 0 Å². The highest BCUT2D eigenvalue weighted by atomic mass is 35.5. The number of rotatable bonds is 16. The summed E-state index contributed by atoms with van der Waals surface area (Å²) in [7, 11) is 0. The van der Waals surface area contributed by atoms with E-state index in [0.717, 1.165) is 58.9 Å². The summed E-state index contributed by atoms with van der Waals surface area (Å²) in [5.74, 6) is 0.390. The van der Waals surface area contributed by atoms with E-state index in [1.807, 2.05) is 48.8 Å². The number of carbonyl (C=O) groups excluding carboxylic acids is 2. The topological polar surface area (TPSA) is 90.7 Å². The van der Waals surface area contributed by atoms with Gasteiger partial charge in [0.15, 0.2) is 0 Å².